The Morgan fingerprint density at radius 3 is 2.37 bits per heavy atom. The van der Waals surface area contributed by atoms with E-state index in [1.165, 1.54) is 0 Å². The van der Waals surface area contributed by atoms with E-state index in [0.29, 0.717) is 24.6 Å². The van der Waals surface area contributed by atoms with Crippen molar-refractivity contribution >= 4 is 49.8 Å². The molecular weight excluding hydrogens is 539 g/mol. The summed E-state index contributed by atoms with van der Waals surface area (Å²) >= 11 is 0. The Kier molecular flexibility index (Phi) is 8.76. The van der Waals surface area contributed by atoms with Crippen LogP contribution in [0.1, 0.15) is 40.2 Å². The fourth-order valence-corrected chi connectivity index (χ4v) is 6.23. The lowest BCUT2D eigenvalue weighted by Gasteiger charge is -2.39. The molecule has 11 heteroatoms. The molecular formula is C19H33IN4O4S2. The lowest BCUT2D eigenvalue weighted by Crippen LogP contribution is -2.57. The Balaban J connectivity index is 0.00000450. The minimum atomic E-state index is -3.68. The van der Waals surface area contributed by atoms with Gasteiger partial charge in [0.1, 0.15) is 0 Å². The van der Waals surface area contributed by atoms with Crippen molar-refractivity contribution in [2.75, 3.05) is 25.9 Å². The largest absolute Gasteiger partial charge is 0.352 e. The van der Waals surface area contributed by atoms with Crippen LogP contribution in [0.2, 0.25) is 0 Å². The fraction of sp³-hybridized carbons (Fsp3) is 0.632. The highest BCUT2D eigenvalue weighted by Crippen LogP contribution is 2.24. The molecule has 1 aromatic rings. The van der Waals surface area contributed by atoms with E-state index in [1.54, 1.807) is 65.9 Å². The standard InChI is InChI=1S/C19H32N4O4S2.HI/c1-18(2,3)22-29(26,27)16-10-8-7-9-15(16)13-21-17(20-6)23-11-12-28(24,25)19(4,5)14-23;/h7-10,22H,11-14H2,1-6H3,(H,20,21);1H. The van der Waals surface area contributed by atoms with Crippen LogP contribution >= 0.6 is 24.0 Å². The zero-order valence-electron chi connectivity index (χ0n) is 18.4. The van der Waals surface area contributed by atoms with Gasteiger partial charge in [-0.3, -0.25) is 4.99 Å². The third-order valence-electron chi connectivity index (χ3n) is 4.69. The highest BCUT2D eigenvalue weighted by atomic mass is 127. The second-order valence-corrected chi connectivity index (χ2v) is 13.3. The quantitative estimate of drug-likeness (QED) is 0.325. The van der Waals surface area contributed by atoms with Crippen LogP contribution in [0.3, 0.4) is 0 Å². The highest BCUT2D eigenvalue weighted by Gasteiger charge is 2.41. The number of nitrogens with zero attached hydrogens (tertiary/aromatic N) is 2. The molecule has 0 radical (unpaired) electrons. The molecule has 2 N–H and O–H groups in total. The molecule has 0 saturated carbocycles. The number of rotatable bonds is 4. The van der Waals surface area contributed by atoms with Gasteiger partial charge >= 0.3 is 0 Å². The Labute approximate surface area is 197 Å². The number of hydrogen-bond donors (Lipinski definition) is 2. The van der Waals surface area contributed by atoms with Crippen LogP contribution in [0.5, 0.6) is 0 Å². The number of hydrogen-bond acceptors (Lipinski definition) is 5. The van der Waals surface area contributed by atoms with Crippen LogP contribution in [0.15, 0.2) is 34.2 Å². The summed E-state index contributed by atoms with van der Waals surface area (Å²) < 4.78 is 51.9. The van der Waals surface area contributed by atoms with E-state index < -0.39 is 30.1 Å². The van der Waals surface area contributed by atoms with Gasteiger partial charge in [-0.2, -0.15) is 0 Å². The molecule has 0 bridgehead atoms. The monoisotopic (exact) mass is 572 g/mol. The van der Waals surface area contributed by atoms with Crippen LogP contribution < -0.4 is 10.0 Å². The number of aliphatic imine (C=N–C) groups is 1. The first-order chi connectivity index (χ1) is 13.2. The minimum Gasteiger partial charge on any atom is -0.352 e. The average Bonchev–Trinajstić information content (AvgIpc) is 2.56. The van der Waals surface area contributed by atoms with E-state index in [2.05, 4.69) is 15.0 Å². The number of guanidine groups is 1. The normalized spacial score (nSPS) is 19.1. The molecule has 0 spiro atoms. The first-order valence-electron chi connectivity index (χ1n) is 9.48. The molecule has 172 valence electrons. The second-order valence-electron chi connectivity index (χ2n) is 8.86. The molecule has 0 aliphatic carbocycles. The van der Waals surface area contributed by atoms with Gasteiger partial charge in [0, 0.05) is 32.2 Å². The molecule has 1 aromatic carbocycles. The summed E-state index contributed by atoms with van der Waals surface area (Å²) in [7, 11) is -5.22. The molecule has 1 saturated heterocycles. The number of halogens is 1. The summed E-state index contributed by atoms with van der Waals surface area (Å²) in [4.78, 5) is 6.37. The van der Waals surface area contributed by atoms with Gasteiger partial charge < -0.3 is 10.2 Å². The summed E-state index contributed by atoms with van der Waals surface area (Å²) in [5.74, 6) is 0.602. The predicted octanol–water partition coefficient (Wildman–Crippen LogP) is 1.97. The summed E-state index contributed by atoms with van der Waals surface area (Å²) in [5.41, 5.74) is 0.00889. The van der Waals surface area contributed by atoms with E-state index >= 15 is 0 Å². The maximum absolute atomic E-state index is 12.8. The van der Waals surface area contributed by atoms with Crippen molar-refractivity contribution in [3.05, 3.63) is 29.8 Å². The molecule has 0 amide bonds. The number of nitrogens with one attached hydrogen (secondary N) is 2. The number of sulfone groups is 1. The SMILES string of the molecule is CN=C(NCc1ccccc1S(=O)(=O)NC(C)(C)C)N1CCS(=O)(=O)C(C)(C)C1.I. The van der Waals surface area contributed by atoms with Gasteiger partial charge in [-0.15, -0.1) is 24.0 Å². The van der Waals surface area contributed by atoms with Crippen LogP contribution in [0.25, 0.3) is 0 Å². The predicted molar refractivity (Wildman–Crippen MR) is 132 cm³/mol. The number of benzene rings is 1. The van der Waals surface area contributed by atoms with Gasteiger partial charge in [-0.25, -0.2) is 21.6 Å². The summed E-state index contributed by atoms with van der Waals surface area (Å²) in [6, 6.07) is 6.80. The van der Waals surface area contributed by atoms with Crippen molar-refractivity contribution in [2.24, 2.45) is 4.99 Å². The molecule has 2 rings (SSSR count). The van der Waals surface area contributed by atoms with Crippen LogP contribution in [0.4, 0.5) is 0 Å². The van der Waals surface area contributed by atoms with Crippen molar-refractivity contribution in [2.45, 2.75) is 56.3 Å². The molecule has 1 fully saturated rings. The first-order valence-corrected chi connectivity index (χ1v) is 12.6. The lowest BCUT2D eigenvalue weighted by atomic mass is 10.1. The van der Waals surface area contributed by atoms with Gasteiger partial charge in [0.2, 0.25) is 10.0 Å². The van der Waals surface area contributed by atoms with Gasteiger partial charge in [0.05, 0.1) is 15.4 Å². The third kappa shape index (κ3) is 6.54. The zero-order chi connectivity index (χ0) is 22.1. The smallest absolute Gasteiger partial charge is 0.241 e. The van der Waals surface area contributed by atoms with Crippen molar-refractivity contribution in [1.29, 1.82) is 0 Å². The fourth-order valence-electron chi connectivity index (χ4n) is 3.20. The van der Waals surface area contributed by atoms with Crippen molar-refractivity contribution < 1.29 is 16.8 Å². The maximum Gasteiger partial charge on any atom is 0.241 e. The molecule has 0 aromatic heterocycles. The van der Waals surface area contributed by atoms with E-state index in [1.807, 2.05) is 4.90 Å². The minimum absolute atomic E-state index is 0. The van der Waals surface area contributed by atoms with Crippen molar-refractivity contribution in [1.82, 2.24) is 14.9 Å². The highest BCUT2D eigenvalue weighted by molar-refractivity contribution is 14.0. The van der Waals surface area contributed by atoms with Crippen molar-refractivity contribution in [3.63, 3.8) is 0 Å². The van der Waals surface area contributed by atoms with Gasteiger partial charge in [-0.1, -0.05) is 18.2 Å². The van der Waals surface area contributed by atoms with Gasteiger partial charge in [0.15, 0.2) is 15.8 Å². The molecule has 1 aliphatic heterocycles. The molecule has 1 heterocycles. The zero-order valence-corrected chi connectivity index (χ0v) is 22.4. The van der Waals surface area contributed by atoms with E-state index in [-0.39, 0.29) is 41.2 Å². The molecule has 8 nitrogen and oxygen atoms in total. The topological polar surface area (TPSA) is 108 Å². The van der Waals surface area contributed by atoms with Crippen molar-refractivity contribution in [3.8, 4) is 0 Å². The van der Waals surface area contributed by atoms with Gasteiger partial charge in [-0.05, 0) is 46.2 Å². The first kappa shape index (κ1) is 27.1. The Hall–Kier alpha value is -0.920. The molecule has 0 atom stereocenters. The lowest BCUT2D eigenvalue weighted by molar-refractivity contribution is 0.353. The molecule has 0 unspecified atom stereocenters. The summed E-state index contributed by atoms with van der Waals surface area (Å²) in [6.07, 6.45) is 0. The Morgan fingerprint density at radius 1 is 1.23 bits per heavy atom. The summed E-state index contributed by atoms with van der Waals surface area (Å²) in [6.45, 7) is 9.71. The summed E-state index contributed by atoms with van der Waals surface area (Å²) in [5, 5.41) is 3.18. The van der Waals surface area contributed by atoms with Crippen LogP contribution in [-0.2, 0) is 26.4 Å². The Morgan fingerprint density at radius 2 is 1.83 bits per heavy atom. The number of sulfonamides is 1. The average molecular weight is 573 g/mol. The molecule has 30 heavy (non-hydrogen) atoms. The van der Waals surface area contributed by atoms with E-state index in [0.717, 1.165) is 0 Å². The maximum atomic E-state index is 12.8. The van der Waals surface area contributed by atoms with Gasteiger partial charge in [0.25, 0.3) is 0 Å². The van der Waals surface area contributed by atoms with E-state index in [4.69, 9.17) is 0 Å². The van der Waals surface area contributed by atoms with Crippen LogP contribution in [0, 0.1) is 0 Å². The second kappa shape index (κ2) is 9.70. The Bertz CT molecular complexity index is 984. The van der Waals surface area contributed by atoms with Crippen LogP contribution in [-0.4, -0.2) is 63.9 Å². The third-order valence-corrected chi connectivity index (χ3v) is 9.09. The van der Waals surface area contributed by atoms with E-state index in [9.17, 15) is 16.8 Å². The molecule has 1 aliphatic rings.